The minimum atomic E-state index is 0.310. The summed E-state index contributed by atoms with van der Waals surface area (Å²) >= 11 is 0. The Hall–Kier alpha value is -2.94. The zero-order valence-electron chi connectivity index (χ0n) is 10.4. The van der Waals surface area contributed by atoms with Gasteiger partial charge in [-0.25, -0.2) is 9.59 Å². The predicted molar refractivity (Wildman–Crippen MR) is 69.9 cm³/mol. The van der Waals surface area contributed by atoms with Crippen molar-refractivity contribution in [2.45, 2.75) is 6.42 Å². The third kappa shape index (κ3) is 3.78. The third-order valence-corrected chi connectivity index (χ3v) is 2.42. The van der Waals surface area contributed by atoms with Crippen molar-refractivity contribution in [1.29, 1.82) is 0 Å². The monoisotopic (exact) mass is 270 g/mol. The normalized spacial score (nSPS) is 9.40. The van der Waals surface area contributed by atoms with Crippen LogP contribution in [-0.2, 0) is 16.0 Å². The van der Waals surface area contributed by atoms with Gasteiger partial charge in [0.25, 0.3) is 0 Å². The Morgan fingerprint density at radius 2 is 1.80 bits per heavy atom. The second-order valence-corrected chi connectivity index (χ2v) is 3.77. The number of furan rings is 1. The first kappa shape index (κ1) is 13.5. The highest BCUT2D eigenvalue weighted by Crippen LogP contribution is 2.27. The molecule has 0 spiro atoms. The molecule has 0 N–H and O–H groups in total. The van der Waals surface area contributed by atoms with Crippen molar-refractivity contribution in [3.63, 3.8) is 0 Å². The molecular weight excluding hydrogens is 260 g/mol. The molecular formula is C14H10N2O4. The van der Waals surface area contributed by atoms with Gasteiger partial charge in [-0.2, -0.15) is 9.98 Å². The average Bonchev–Trinajstić information content (AvgIpc) is 2.92. The van der Waals surface area contributed by atoms with Crippen LogP contribution >= 0.6 is 0 Å². The third-order valence-electron chi connectivity index (χ3n) is 2.42. The molecule has 0 fully saturated rings. The first-order valence-corrected chi connectivity index (χ1v) is 5.78. The summed E-state index contributed by atoms with van der Waals surface area (Å²) in [6.45, 7) is 0.381. The molecule has 100 valence electrons. The predicted octanol–water partition coefficient (Wildman–Crippen LogP) is 2.84. The van der Waals surface area contributed by atoms with Crippen LogP contribution < -0.4 is 4.74 Å². The summed E-state index contributed by atoms with van der Waals surface area (Å²) < 4.78 is 10.7. The molecule has 0 radical (unpaired) electrons. The van der Waals surface area contributed by atoms with Gasteiger partial charge in [0.15, 0.2) is 0 Å². The molecule has 2 rings (SSSR count). The highest BCUT2D eigenvalue weighted by Gasteiger charge is 2.02. The van der Waals surface area contributed by atoms with Gasteiger partial charge in [-0.1, -0.05) is 0 Å². The fourth-order valence-electron chi connectivity index (χ4n) is 1.61. The molecule has 0 aliphatic rings. The van der Waals surface area contributed by atoms with E-state index in [0.29, 0.717) is 30.2 Å². The Bertz CT molecular complexity index is 630. The molecule has 6 nitrogen and oxygen atoms in total. The van der Waals surface area contributed by atoms with Gasteiger partial charge >= 0.3 is 0 Å². The molecule has 0 amide bonds. The van der Waals surface area contributed by atoms with E-state index in [1.54, 1.807) is 24.5 Å². The Kier molecular flexibility index (Phi) is 4.62. The molecule has 0 aliphatic carbocycles. The standard InChI is InChI=1S/C14H10N2O4/c17-9-15-11-6-12(16-10-18)8-14(7-11)20-5-3-13-2-1-4-19-13/h1-2,4,6-8H,3,5H2. The second kappa shape index (κ2) is 6.85. The summed E-state index contributed by atoms with van der Waals surface area (Å²) in [4.78, 5) is 27.5. The maximum atomic E-state index is 10.3. The fraction of sp³-hybridized carbons (Fsp3) is 0.143. The van der Waals surface area contributed by atoms with Crippen LogP contribution in [0.25, 0.3) is 0 Å². The molecule has 1 heterocycles. The van der Waals surface area contributed by atoms with E-state index in [1.807, 2.05) is 6.07 Å². The van der Waals surface area contributed by atoms with Crippen molar-refractivity contribution >= 4 is 23.5 Å². The molecule has 0 atom stereocenters. The van der Waals surface area contributed by atoms with Crippen molar-refractivity contribution in [3.8, 4) is 5.75 Å². The minimum absolute atomic E-state index is 0.310. The highest BCUT2D eigenvalue weighted by molar-refractivity contribution is 5.61. The van der Waals surface area contributed by atoms with Crippen LogP contribution in [0.5, 0.6) is 5.75 Å². The van der Waals surface area contributed by atoms with E-state index in [1.165, 1.54) is 18.2 Å². The fourth-order valence-corrected chi connectivity index (χ4v) is 1.61. The average molecular weight is 270 g/mol. The molecule has 6 heteroatoms. The quantitative estimate of drug-likeness (QED) is 0.597. The molecule has 0 saturated heterocycles. The molecule has 2 aromatic rings. The second-order valence-electron chi connectivity index (χ2n) is 3.77. The SMILES string of the molecule is O=C=Nc1cc(N=C=O)cc(OCCc2ccco2)c1. The van der Waals surface area contributed by atoms with Gasteiger partial charge in [-0.05, 0) is 18.2 Å². The van der Waals surface area contributed by atoms with Crippen molar-refractivity contribution in [2.24, 2.45) is 9.98 Å². The van der Waals surface area contributed by atoms with Gasteiger partial charge in [-0.15, -0.1) is 0 Å². The summed E-state index contributed by atoms with van der Waals surface area (Å²) in [5.74, 6) is 1.25. The van der Waals surface area contributed by atoms with Gasteiger partial charge in [0.2, 0.25) is 12.2 Å². The zero-order chi connectivity index (χ0) is 14.2. The number of aliphatic imine (C=N–C) groups is 2. The smallest absolute Gasteiger partial charge is 0.240 e. The minimum Gasteiger partial charge on any atom is -0.493 e. The molecule has 1 aromatic heterocycles. The lowest BCUT2D eigenvalue weighted by atomic mass is 10.2. The van der Waals surface area contributed by atoms with Crippen LogP contribution in [0.3, 0.4) is 0 Å². The lowest BCUT2D eigenvalue weighted by Crippen LogP contribution is -2.00. The molecule has 1 aromatic carbocycles. The van der Waals surface area contributed by atoms with E-state index in [-0.39, 0.29) is 0 Å². The van der Waals surface area contributed by atoms with E-state index < -0.39 is 0 Å². The van der Waals surface area contributed by atoms with E-state index in [2.05, 4.69) is 9.98 Å². The van der Waals surface area contributed by atoms with E-state index in [9.17, 15) is 9.59 Å². The van der Waals surface area contributed by atoms with Crippen molar-refractivity contribution < 1.29 is 18.7 Å². The van der Waals surface area contributed by atoms with Crippen LogP contribution in [0.4, 0.5) is 11.4 Å². The highest BCUT2D eigenvalue weighted by atomic mass is 16.5. The summed E-state index contributed by atoms with van der Waals surface area (Å²) in [5, 5.41) is 0. The molecule has 0 unspecified atom stereocenters. The summed E-state index contributed by atoms with van der Waals surface area (Å²) in [6.07, 6.45) is 5.03. The Morgan fingerprint density at radius 1 is 1.10 bits per heavy atom. The molecule has 0 saturated carbocycles. The Balaban J connectivity index is 2.09. The van der Waals surface area contributed by atoms with Crippen LogP contribution in [0, 0.1) is 0 Å². The van der Waals surface area contributed by atoms with Gasteiger partial charge in [0.1, 0.15) is 11.5 Å². The number of carbonyl (C=O) groups excluding carboxylic acids is 2. The lowest BCUT2D eigenvalue weighted by molar-refractivity contribution is 0.309. The van der Waals surface area contributed by atoms with Crippen LogP contribution in [-0.4, -0.2) is 18.8 Å². The number of benzene rings is 1. The Labute approximate surface area is 114 Å². The number of nitrogens with zero attached hydrogens (tertiary/aromatic N) is 2. The van der Waals surface area contributed by atoms with Crippen molar-refractivity contribution in [3.05, 3.63) is 42.4 Å². The van der Waals surface area contributed by atoms with Gasteiger partial charge < -0.3 is 9.15 Å². The van der Waals surface area contributed by atoms with Gasteiger partial charge in [0.05, 0.1) is 24.2 Å². The van der Waals surface area contributed by atoms with E-state index in [0.717, 1.165) is 5.76 Å². The zero-order valence-corrected chi connectivity index (χ0v) is 10.4. The van der Waals surface area contributed by atoms with E-state index >= 15 is 0 Å². The summed E-state index contributed by atoms with van der Waals surface area (Å²) in [6, 6.07) is 8.20. The number of hydrogen-bond donors (Lipinski definition) is 0. The van der Waals surface area contributed by atoms with Crippen LogP contribution in [0.2, 0.25) is 0 Å². The van der Waals surface area contributed by atoms with Gasteiger partial charge in [-0.3, -0.25) is 0 Å². The number of rotatable bonds is 6. The van der Waals surface area contributed by atoms with Crippen LogP contribution in [0.15, 0.2) is 51.0 Å². The van der Waals surface area contributed by atoms with Crippen molar-refractivity contribution in [1.82, 2.24) is 0 Å². The largest absolute Gasteiger partial charge is 0.493 e. The van der Waals surface area contributed by atoms with Crippen molar-refractivity contribution in [2.75, 3.05) is 6.61 Å². The summed E-state index contributed by atoms with van der Waals surface area (Å²) in [7, 11) is 0. The van der Waals surface area contributed by atoms with Crippen LogP contribution in [0.1, 0.15) is 5.76 Å². The number of ether oxygens (including phenoxy) is 1. The molecule has 0 aliphatic heterocycles. The number of isocyanates is 2. The lowest BCUT2D eigenvalue weighted by Gasteiger charge is -2.06. The summed E-state index contributed by atoms with van der Waals surface area (Å²) in [5.41, 5.74) is 0.619. The molecule has 20 heavy (non-hydrogen) atoms. The van der Waals surface area contributed by atoms with E-state index in [4.69, 9.17) is 9.15 Å². The molecule has 0 bridgehead atoms. The number of hydrogen-bond acceptors (Lipinski definition) is 6. The van der Waals surface area contributed by atoms with Gasteiger partial charge in [0, 0.05) is 18.6 Å². The Morgan fingerprint density at radius 3 is 2.35 bits per heavy atom. The topological polar surface area (TPSA) is 81.2 Å². The first-order valence-electron chi connectivity index (χ1n) is 5.78. The maximum Gasteiger partial charge on any atom is 0.240 e. The maximum absolute atomic E-state index is 10.3. The first-order chi connectivity index (χ1) is 9.81.